The Kier molecular flexibility index (Phi) is 7.19. The van der Waals surface area contributed by atoms with Crippen LogP contribution >= 0.6 is 11.6 Å². The first-order chi connectivity index (χ1) is 17.7. The minimum absolute atomic E-state index is 0.103. The predicted molar refractivity (Wildman–Crippen MR) is 124 cm³/mol. The largest absolute Gasteiger partial charge is 0.573 e. The molecule has 38 heavy (non-hydrogen) atoms. The van der Waals surface area contributed by atoms with Crippen molar-refractivity contribution in [2.75, 3.05) is 0 Å². The topological polar surface area (TPSA) is 80.3 Å². The van der Waals surface area contributed by atoms with E-state index in [9.17, 15) is 35.9 Å². The number of fused-ring (bicyclic) bond motifs is 1. The fourth-order valence-electron chi connectivity index (χ4n) is 3.62. The molecular weight excluding hydrogens is 546 g/mol. The second-order valence-electron chi connectivity index (χ2n) is 8.07. The summed E-state index contributed by atoms with van der Waals surface area (Å²) in [5, 5.41) is 0.416. The molecule has 2 aromatic heterocycles. The lowest BCUT2D eigenvalue weighted by atomic mass is 10.2. The van der Waals surface area contributed by atoms with E-state index < -0.39 is 42.5 Å². The number of aromatic nitrogens is 4. The summed E-state index contributed by atoms with van der Waals surface area (Å²) in [6, 6.07) is 10.5. The van der Waals surface area contributed by atoms with E-state index in [2.05, 4.69) is 9.72 Å². The maximum atomic E-state index is 13.3. The SMILES string of the molecule is Cn1c(=O)n(CCC(F)(F)F)c(=O)c2c1nc(Oc1cccc(OC(F)(F)F)c1)n2Cc1ccc(Cl)cc1. The average Bonchev–Trinajstić information content (AvgIpc) is 3.15. The Balaban J connectivity index is 1.87. The van der Waals surface area contributed by atoms with Gasteiger partial charge in [-0.25, -0.2) is 4.79 Å². The molecule has 0 spiro atoms. The molecule has 0 saturated carbocycles. The fourth-order valence-corrected chi connectivity index (χ4v) is 3.75. The number of aryl methyl sites for hydroxylation is 1. The Hall–Kier alpha value is -3.94. The van der Waals surface area contributed by atoms with Crippen LogP contribution in [0.4, 0.5) is 26.3 Å². The van der Waals surface area contributed by atoms with Crippen LogP contribution in [0.15, 0.2) is 58.1 Å². The first kappa shape index (κ1) is 27.1. The third-order valence-corrected chi connectivity index (χ3v) is 5.57. The van der Waals surface area contributed by atoms with Gasteiger partial charge in [-0.2, -0.15) is 18.2 Å². The maximum Gasteiger partial charge on any atom is 0.573 e. The molecule has 2 heterocycles. The number of nitrogens with zero attached hydrogens (tertiary/aromatic N) is 4. The summed E-state index contributed by atoms with van der Waals surface area (Å²) in [6.45, 7) is -1.03. The Morgan fingerprint density at radius 3 is 2.24 bits per heavy atom. The third-order valence-electron chi connectivity index (χ3n) is 5.32. The van der Waals surface area contributed by atoms with Crippen LogP contribution in [0.2, 0.25) is 5.02 Å². The van der Waals surface area contributed by atoms with Crippen molar-refractivity contribution in [2.45, 2.75) is 32.0 Å². The van der Waals surface area contributed by atoms with E-state index in [1.807, 2.05) is 0 Å². The van der Waals surface area contributed by atoms with E-state index >= 15 is 0 Å². The van der Waals surface area contributed by atoms with Gasteiger partial charge >= 0.3 is 24.2 Å². The van der Waals surface area contributed by atoms with Crippen LogP contribution in [0, 0.1) is 0 Å². The lowest BCUT2D eigenvalue weighted by molar-refractivity contribution is -0.274. The van der Waals surface area contributed by atoms with Crippen LogP contribution in [0.25, 0.3) is 11.2 Å². The van der Waals surface area contributed by atoms with Gasteiger partial charge in [-0.05, 0) is 29.8 Å². The molecule has 8 nitrogen and oxygen atoms in total. The molecule has 4 aromatic rings. The van der Waals surface area contributed by atoms with Crippen LogP contribution in [-0.4, -0.2) is 31.2 Å². The molecule has 0 aliphatic rings. The number of benzene rings is 2. The van der Waals surface area contributed by atoms with Crippen LogP contribution in [-0.2, 0) is 20.1 Å². The summed E-state index contributed by atoms with van der Waals surface area (Å²) in [4.78, 5) is 30.1. The van der Waals surface area contributed by atoms with E-state index in [4.69, 9.17) is 16.3 Å². The number of alkyl halides is 6. The number of ether oxygens (including phenoxy) is 2. The molecule has 0 aliphatic heterocycles. The van der Waals surface area contributed by atoms with Crippen molar-refractivity contribution in [3.8, 4) is 17.5 Å². The normalized spacial score (nSPS) is 12.2. The summed E-state index contributed by atoms with van der Waals surface area (Å²) in [5.41, 5.74) is -1.95. The van der Waals surface area contributed by atoms with Crippen molar-refractivity contribution in [1.29, 1.82) is 0 Å². The van der Waals surface area contributed by atoms with Gasteiger partial charge in [0.1, 0.15) is 11.5 Å². The number of hydrogen-bond donors (Lipinski definition) is 0. The molecule has 202 valence electrons. The van der Waals surface area contributed by atoms with Crippen molar-refractivity contribution in [3.05, 3.63) is 80.0 Å². The zero-order valence-corrected chi connectivity index (χ0v) is 20.1. The summed E-state index contributed by atoms with van der Waals surface area (Å²) in [6.07, 6.45) is -11.0. The lowest BCUT2D eigenvalue weighted by Gasteiger charge is -2.13. The zero-order valence-electron chi connectivity index (χ0n) is 19.3. The maximum absolute atomic E-state index is 13.3. The Morgan fingerprint density at radius 1 is 0.947 bits per heavy atom. The van der Waals surface area contributed by atoms with Gasteiger partial charge in [-0.3, -0.25) is 18.5 Å². The Bertz CT molecular complexity index is 1590. The lowest BCUT2D eigenvalue weighted by Crippen LogP contribution is -2.40. The quantitative estimate of drug-likeness (QED) is 0.288. The average molecular weight is 563 g/mol. The molecular formula is C23H17ClF6N4O4. The van der Waals surface area contributed by atoms with Gasteiger partial charge in [-0.15, -0.1) is 13.2 Å². The van der Waals surface area contributed by atoms with E-state index in [1.165, 1.54) is 23.7 Å². The smallest absolute Gasteiger partial charge is 0.425 e. The highest BCUT2D eigenvalue weighted by Gasteiger charge is 2.31. The highest BCUT2D eigenvalue weighted by Crippen LogP contribution is 2.30. The minimum atomic E-state index is -4.96. The van der Waals surface area contributed by atoms with Crippen LogP contribution in [0.1, 0.15) is 12.0 Å². The Labute approximate surface area is 214 Å². The molecule has 0 bridgehead atoms. The van der Waals surface area contributed by atoms with Crippen molar-refractivity contribution in [3.63, 3.8) is 0 Å². The summed E-state index contributed by atoms with van der Waals surface area (Å²) in [7, 11) is 1.22. The minimum Gasteiger partial charge on any atom is -0.425 e. The van der Waals surface area contributed by atoms with Gasteiger partial charge in [0.25, 0.3) is 5.56 Å². The van der Waals surface area contributed by atoms with Crippen LogP contribution in [0.5, 0.6) is 17.5 Å². The molecule has 0 N–H and O–H groups in total. The molecule has 0 aliphatic carbocycles. The number of hydrogen-bond acceptors (Lipinski definition) is 5. The molecule has 0 radical (unpaired) electrons. The number of imidazole rings is 1. The molecule has 2 aromatic carbocycles. The van der Waals surface area contributed by atoms with Crippen molar-refractivity contribution >= 4 is 22.8 Å². The molecule has 0 fully saturated rings. The van der Waals surface area contributed by atoms with Gasteiger partial charge in [0.15, 0.2) is 11.2 Å². The highest BCUT2D eigenvalue weighted by atomic mass is 35.5. The first-order valence-corrected chi connectivity index (χ1v) is 11.1. The van der Waals surface area contributed by atoms with Gasteiger partial charge in [-0.1, -0.05) is 29.8 Å². The first-order valence-electron chi connectivity index (χ1n) is 10.8. The molecule has 0 saturated heterocycles. The second kappa shape index (κ2) is 10.1. The van der Waals surface area contributed by atoms with E-state index in [-0.39, 0.29) is 29.5 Å². The molecule has 0 unspecified atom stereocenters. The monoisotopic (exact) mass is 562 g/mol. The molecule has 15 heteroatoms. The van der Waals surface area contributed by atoms with Gasteiger partial charge < -0.3 is 9.47 Å². The van der Waals surface area contributed by atoms with E-state index in [1.54, 1.807) is 24.3 Å². The van der Waals surface area contributed by atoms with Crippen molar-refractivity contribution in [2.24, 2.45) is 7.05 Å². The molecule has 4 rings (SSSR count). The van der Waals surface area contributed by atoms with E-state index in [0.29, 0.717) is 15.2 Å². The highest BCUT2D eigenvalue weighted by molar-refractivity contribution is 6.30. The summed E-state index contributed by atoms with van der Waals surface area (Å²) < 4.78 is 88.6. The zero-order chi connectivity index (χ0) is 27.8. The van der Waals surface area contributed by atoms with Gasteiger partial charge in [0.2, 0.25) is 0 Å². The number of halogens is 7. The fraction of sp³-hybridized carbons (Fsp3) is 0.261. The van der Waals surface area contributed by atoms with Crippen molar-refractivity contribution in [1.82, 2.24) is 18.7 Å². The summed E-state index contributed by atoms with van der Waals surface area (Å²) >= 11 is 5.92. The Morgan fingerprint density at radius 2 is 1.61 bits per heavy atom. The second-order valence-corrected chi connectivity index (χ2v) is 8.50. The number of rotatable bonds is 7. The molecule has 0 atom stereocenters. The predicted octanol–water partition coefficient (Wildman–Crippen LogP) is 5.24. The van der Waals surface area contributed by atoms with Gasteiger partial charge in [0.05, 0.1) is 13.0 Å². The van der Waals surface area contributed by atoms with Crippen molar-refractivity contribution < 1.29 is 35.8 Å². The van der Waals surface area contributed by atoms with Crippen LogP contribution in [0.3, 0.4) is 0 Å². The van der Waals surface area contributed by atoms with Crippen LogP contribution < -0.4 is 20.7 Å². The van der Waals surface area contributed by atoms with E-state index in [0.717, 1.165) is 16.7 Å². The standard InChI is InChI=1S/C23H17ClF6N4O4/c1-32-18-17(19(35)33(21(32)36)10-9-22(25,26)27)34(12-13-5-7-14(24)8-6-13)20(31-18)37-15-3-2-4-16(11-15)38-23(28,29)30/h2-8,11H,9-10,12H2,1H3. The van der Waals surface area contributed by atoms with Gasteiger partial charge in [0, 0.05) is 24.7 Å². The third kappa shape index (κ3) is 6.13. The summed E-state index contributed by atoms with van der Waals surface area (Å²) in [5.74, 6) is -0.737. The molecule has 0 amide bonds.